The zero-order valence-corrected chi connectivity index (χ0v) is 11.5. The summed E-state index contributed by atoms with van der Waals surface area (Å²) in [6.07, 6.45) is 2.22. The Hall–Kier alpha value is -1.63. The summed E-state index contributed by atoms with van der Waals surface area (Å²) in [6, 6.07) is 3.29. The van der Waals surface area contributed by atoms with Crippen LogP contribution in [0.15, 0.2) is 18.3 Å². The maximum atomic E-state index is 11.7. The van der Waals surface area contributed by atoms with Crippen molar-refractivity contribution in [2.45, 2.75) is 13.3 Å². The number of carbonyl (C=O) groups is 1. The van der Waals surface area contributed by atoms with E-state index in [0.717, 1.165) is 5.56 Å². The van der Waals surface area contributed by atoms with Gasteiger partial charge in [0.05, 0.1) is 11.5 Å². The molecular weight excluding hydrogens is 266 g/mol. The van der Waals surface area contributed by atoms with Gasteiger partial charge in [0, 0.05) is 12.7 Å². The van der Waals surface area contributed by atoms with Crippen LogP contribution in [0.2, 0.25) is 0 Å². The van der Waals surface area contributed by atoms with Gasteiger partial charge >= 0.3 is 6.03 Å². The second-order valence-electron chi connectivity index (χ2n) is 4.77. The molecule has 1 aromatic heterocycles. The summed E-state index contributed by atoms with van der Waals surface area (Å²) in [6.45, 7) is 2.23. The van der Waals surface area contributed by atoms with Gasteiger partial charge in [-0.2, -0.15) is 0 Å². The number of nitrogens with one attached hydrogen (secondary N) is 2. The minimum atomic E-state index is -2.89. The van der Waals surface area contributed by atoms with Crippen molar-refractivity contribution in [2.75, 3.05) is 23.4 Å². The average Bonchev–Trinajstić information content (AvgIpc) is 2.69. The number of aryl methyl sites for hydroxylation is 1. The van der Waals surface area contributed by atoms with Crippen LogP contribution in [-0.2, 0) is 9.84 Å². The number of urea groups is 1. The Morgan fingerprint density at radius 2 is 2.32 bits per heavy atom. The normalized spacial score (nSPS) is 21.0. The number of pyridine rings is 1. The van der Waals surface area contributed by atoms with E-state index in [0.29, 0.717) is 18.8 Å². The quantitative estimate of drug-likeness (QED) is 0.864. The summed E-state index contributed by atoms with van der Waals surface area (Å²) in [5.74, 6) is 0.913. The molecule has 2 heterocycles. The summed E-state index contributed by atoms with van der Waals surface area (Å²) < 4.78 is 22.6. The van der Waals surface area contributed by atoms with Crippen LogP contribution in [-0.4, -0.2) is 37.5 Å². The maximum Gasteiger partial charge on any atom is 0.320 e. The molecule has 0 saturated carbocycles. The van der Waals surface area contributed by atoms with E-state index in [2.05, 4.69) is 15.6 Å². The molecule has 6 nitrogen and oxygen atoms in total. The Bertz CT molecular complexity index is 571. The highest BCUT2D eigenvalue weighted by Crippen LogP contribution is 2.17. The van der Waals surface area contributed by atoms with Crippen LogP contribution in [0.3, 0.4) is 0 Å². The highest BCUT2D eigenvalue weighted by atomic mass is 32.2. The van der Waals surface area contributed by atoms with Gasteiger partial charge in [-0.3, -0.25) is 5.32 Å². The van der Waals surface area contributed by atoms with E-state index >= 15 is 0 Å². The predicted molar refractivity (Wildman–Crippen MR) is 72.8 cm³/mol. The second-order valence-corrected chi connectivity index (χ2v) is 7.00. The van der Waals surface area contributed by atoms with Crippen LogP contribution >= 0.6 is 0 Å². The molecule has 2 rings (SSSR count). The number of amides is 2. The Kier molecular flexibility index (Phi) is 4.04. The van der Waals surface area contributed by atoms with E-state index in [1.807, 2.05) is 13.0 Å². The van der Waals surface area contributed by atoms with Gasteiger partial charge in [-0.05, 0) is 30.9 Å². The third-order valence-electron chi connectivity index (χ3n) is 3.12. The Morgan fingerprint density at radius 3 is 2.95 bits per heavy atom. The van der Waals surface area contributed by atoms with Crippen molar-refractivity contribution in [3.05, 3.63) is 23.9 Å². The number of aromatic nitrogens is 1. The van der Waals surface area contributed by atoms with Crippen molar-refractivity contribution in [1.29, 1.82) is 0 Å². The number of nitrogens with zero attached hydrogens (tertiary/aromatic N) is 1. The lowest BCUT2D eigenvalue weighted by Gasteiger charge is -2.11. The molecule has 19 heavy (non-hydrogen) atoms. The van der Waals surface area contributed by atoms with E-state index in [1.165, 1.54) is 0 Å². The molecule has 7 heteroatoms. The third kappa shape index (κ3) is 3.92. The van der Waals surface area contributed by atoms with Crippen LogP contribution in [0.1, 0.15) is 12.0 Å². The second kappa shape index (κ2) is 5.56. The molecule has 0 aliphatic carbocycles. The number of sulfone groups is 1. The molecule has 0 radical (unpaired) electrons. The molecule has 0 unspecified atom stereocenters. The summed E-state index contributed by atoms with van der Waals surface area (Å²) in [7, 11) is -2.89. The molecule has 1 saturated heterocycles. The first-order valence-electron chi connectivity index (χ1n) is 6.13. The molecule has 0 spiro atoms. The number of anilines is 1. The number of hydrogen-bond acceptors (Lipinski definition) is 4. The van der Waals surface area contributed by atoms with E-state index in [1.54, 1.807) is 12.3 Å². The van der Waals surface area contributed by atoms with Crippen molar-refractivity contribution >= 4 is 21.7 Å². The molecule has 0 bridgehead atoms. The molecule has 2 amide bonds. The van der Waals surface area contributed by atoms with Gasteiger partial charge in [0.25, 0.3) is 0 Å². The number of carbonyl (C=O) groups excluding carboxylic acids is 1. The highest BCUT2D eigenvalue weighted by Gasteiger charge is 2.27. The monoisotopic (exact) mass is 283 g/mol. The van der Waals surface area contributed by atoms with Gasteiger partial charge in [0.1, 0.15) is 5.82 Å². The smallest absolute Gasteiger partial charge is 0.320 e. The van der Waals surface area contributed by atoms with Crippen molar-refractivity contribution in [1.82, 2.24) is 10.3 Å². The standard InChI is InChI=1S/C12H17N3O3S/c1-9-3-2-5-13-11(9)15-12(16)14-7-10-4-6-19(17,18)8-10/h2-3,5,10H,4,6-8H2,1H3,(H2,13,14,15,16)/t10-/m1/s1. The number of rotatable bonds is 3. The lowest BCUT2D eigenvalue weighted by molar-refractivity contribution is 0.250. The van der Waals surface area contributed by atoms with Crippen LogP contribution in [0.4, 0.5) is 10.6 Å². The van der Waals surface area contributed by atoms with E-state index < -0.39 is 9.84 Å². The molecule has 0 aromatic carbocycles. The topological polar surface area (TPSA) is 88.2 Å². The fourth-order valence-electron chi connectivity index (χ4n) is 2.04. The maximum absolute atomic E-state index is 11.7. The van der Waals surface area contributed by atoms with Gasteiger partial charge in [-0.15, -0.1) is 0 Å². The Morgan fingerprint density at radius 1 is 1.53 bits per heavy atom. The van der Waals surface area contributed by atoms with Gasteiger partial charge < -0.3 is 5.32 Å². The minimum Gasteiger partial charge on any atom is -0.338 e. The van der Waals surface area contributed by atoms with Crippen LogP contribution in [0.25, 0.3) is 0 Å². The van der Waals surface area contributed by atoms with Crippen molar-refractivity contribution in [3.8, 4) is 0 Å². The van der Waals surface area contributed by atoms with Crippen LogP contribution in [0, 0.1) is 12.8 Å². The molecule has 1 fully saturated rings. The largest absolute Gasteiger partial charge is 0.338 e. The lowest BCUT2D eigenvalue weighted by Crippen LogP contribution is -2.33. The summed E-state index contributed by atoms with van der Waals surface area (Å²) in [5.41, 5.74) is 0.876. The van der Waals surface area contributed by atoms with E-state index in [9.17, 15) is 13.2 Å². The third-order valence-corrected chi connectivity index (χ3v) is 4.96. The molecule has 1 aromatic rings. The SMILES string of the molecule is Cc1cccnc1NC(=O)NC[C@H]1CCS(=O)(=O)C1. The van der Waals surface area contributed by atoms with Crippen molar-refractivity contribution < 1.29 is 13.2 Å². The zero-order chi connectivity index (χ0) is 13.9. The van der Waals surface area contributed by atoms with Gasteiger partial charge in [-0.25, -0.2) is 18.2 Å². The molecule has 1 aliphatic heterocycles. The van der Waals surface area contributed by atoms with Gasteiger partial charge in [0.2, 0.25) is 0 Å². The fraction of sp³-hybridized carbons (Fsp3) is 0.500. The fourth-order valence-corrected chi connectivity index (χ4v) is 3.90. The van der Waals surface area contributed by atoms with Crippen molar-refractivity contribution in [2.24, 2.45) is 5.92 Å². The average molecular weight is 283 g/mol. The van der Waals surface area contributed by atoms with E-state index in [4.69, 9.17) is 0 Å². The van der Waals surface area contributed by atoms with Gasteiger partial charge in [-0.1, -0.05) is 6.07 Å². The minimum absolute atomic E-state index is 0.0144. The van der Waals surface area contributed by atoms with E-state index in [-0.39, 0.29) is 23.5 Å². The highest BCUT2D eigenvalue weighted by molar-refractivity contribution is 7.91. The van der Waals surface area contributed by atoms with Crippen LogP contribution < -0.4 is 10.6 Å². The lowest BCUT2D eigenvalue weighted by atomic mass is 10.1. The molecule has 2 N–H and O–H groups in total. The Balaban J connectivity index is 1.81. The molecule has 1 aliphatic rings. The first-order chi connectivity index (χ1) is 8.96. The molecule has 1 atom stereocenters. The van der Waals surface area contributed by atoms with Crippen LogP contribution in [0.5, 0.6) is 0 Å². The van der Waals surface area contributed by atoms with Gasteiger partial charge in [0.15, 0.2) is 9.84 Å². The summed E-state index contributed by atoms with van der Waals surface area (Å²) >= 11 is 0. The molecule has 104 valence electrons. The first-order valence-corrected chi connectivity index (χ1v) is 7.95. The zero-order valence-electron chi connectivity index (χ0n) is 10.7. The predicted octanol–water partition coefficient (Wildman–Crippen LogP) is 0.946. The number of hydrogen-bond donors (Lipinski definition) is 2. The summed E-state index contributed by atoms with van der Waals surface area (Å²) in [4.78, 5) is 15.7. The van der Waals surface area contributed by atoms with Crippen molar-refractivity contribution in [3.63, 3.8) is 0 Å². The first kappa shape index (κ1) is 13.8. The summed E-state index contributed by atoms with van der Waals surface area (Å²) in [5, 5.41) is 5.33. The Labute approximate surface area is 112 Å². The molecular formula is C12H17N3O3S.